The summed E-state index contributed by atoms with van der Waals surface area (Å²) in [5, 5.41) is 8.98. The van der Waals surface area contributed by atoms with Crippen LogP contribution < -0.4 is 4.74 Å². The second-order valence-electron chi connectivity index (χ2n) is 7.92. The molecule has 1 saturated carbocycles. The number of carbonyl (C=O) groups is 1. The molecule has 0 unspecified atom stereocenters. The number of piperidine rings is 1. The van der Waals surface area contributed by atoms with Crippen LogP contribution in [0.15, 0.2) is 12.1 Å². The summed E-state index contributed by atoms with van der Waals surface area (Å²) in [7, 11) is 1.70. The first kappa shape index (κ1) is 18.2. The molecule has 138 valence electrons. The predicted molar refractivity (Wildman–Crippen MR) is 96.7 cm³/mol. The van der Waals surface area contributed by atoms with Crippen molar-refractivity contribution in [1.29, 1.82) is 0 Å². The summed E-state index contributed by atoms with van der Waals surface area (Å²) >= 11 is 0. The summed E-state index contributed by atoms with van der Waals surface area (Å²) in [5.41, 5.74) is 2.51. The van der Waals surface area contributed by atoms with E-state index < -0.39 is 5.97 Å². The van der Waals surface area contributed by atoms with Crippen LogP contribution >= 0.6 is 0 Å². The maximum absolute atomic E-state index is 10.9. The minimum absolute atomic E-state index is 0.348. The van der Waals surface area contributed by atoms with Gasteiger partial charge in [-0.15, -0.1) is 0 Å². The Morgan fingerprint density at radius 1 is 1.28 bits per heavy atom. The number of nitrogens with zero attached hydrogens (tertiary/aromatic N) is 2. The lowest BCUT2D eigenvalue weighted by molar-refractivity contribution is -0.138. The third-order valence-electron chi connectivity index (χ3n) is 6.21. The van der Waals surface area contributed by atoms with Gasteiger partial charge < -0.3 is 9.84 Å². The van der Waals surface area contributed by atoms with Gasteiger partial charge in [-0.1, -0.05) is 0 Å². The first-order valence-electron chi connectivity index (χ1n) is 9.44. The van der Waals surface area contributed by atoms with E-state index >= 15 is 0 Å². The Hall–Kier alpha value is -1.62. The standard InChI is InChI=1S/C20H30N2O3/c1-15-3-4-18(25-2)17(21-15)14-22-11-9-20(10-12-22)7-5-16(6-8-20)13-19(23)24/h3-4,16H,5-14H2,1-2H3,(H,23,24). The molecule has 0 aromatic carbocycles. The van der Waals surface area contributed by atoms with Crippen molar-refractivity contribution in [3.8, 4) is 5.75 Å². The molecule has 3 rings (SSSR count). The number of aliphatic carboxylic acids is 1. The SMILES string of the molecule is COc1ccc(C)nc1CN1CCC2(CCC(CC(=O)O)CC2)CC1. The van der Waals surface area contributed by atoms with E-state index in [1.54, 1.807) is 7.11 Å². The topological polar surface area (TPSA) is 62.7 Å². The molecule has 1 aromatic rings. The highest BCUT2D eigenvalue weighted by Gasteiger charge is 2.38. The molecule has 0 atom stereocenters. The molecular formula is C20H30N2O3. The lowest BCUT2D eigenvalue weighted by Crippen LogP contribution is -2.41. The highest BCUT2D eigenvalue weighted by molar-refractivity contribution is 5.67. The van der Waals surface area contributed by atoms with Crippen LogP contribution in [0.5, 0.6) is 5.75 Å². The summed E-state index contributed by atoms with van der Waals surface area (Å²) in [5.74, 6) is 0.623. The first-order valence-corrected chi connectivity index (χ1v) is 9.44. The molecule has 0 amide bonds. The second kappa shape index (κ2) is 7.73. The Labute approximate surface area is 150 Å². The number of aryl methyl sites for hydroxylation is 1. The fraction of sp³-hybridized carbons (Fsp3) is 0.700. The van der Waals surface area contributed by atoms with Crippen molar-refractivity contribution >= 4 is 5.97 Å². The van der Waals surface area contributed by atoms with Gasteiger partial charge in [0.15, 0.2) is 0 Å². The molecule has 1 spiro atoms. The van der Waals surface area contributed by atoms with Gasteiger partial charge in [0.2, 0.25) is 0 Å². The summed E-state index contributed by atoms with van der Waals surface area (Å²) < 4.78 is 5.46. The lowest BCUT2D eigenvalue weighted by Gasteiger charge is -2.46. The smallest absolute Gasteiger partial charge is 0.303 e. The number of aromatic nitrogens is 1. The van der Waals surface area contributed by atoms with E-state index in [0.29, 0.717) is 17.8 Å². The monoisotopic (exact) mass is 346 g/mol. The minimum Gasteiger partial charge on any atom is -0.495 e. The van der Waals surface area contributed by atoms with Gasteiger partial charge in [0.1, 0.15) is 5.75 Å². The summed E-state index contributed by atoms with van der Waals surface area (Å²) in [6.45, 7) is 5.07. The number of likely N-dealkylation sites (tertiary alicyclic amines) is 1. The van der Waals surface area contributed by atoms with Crippen molar-refractivity contribution in [2.24, 2.45) is 11.3 Å². The maximum atomic E-state index is 10.9. The van der Waals surface area contributed by atoms with Crippen LogP contribution in [0.1, 0.15) is 56.3 Å². The number of hydrogen-bond donors (Lipinski definition) is 1. The fourth-order valence-electron chi connectivity index (χ4n) is 4.54. The van der Waals surface area contributed by atoms with Crippen molar-refractivity contribution in [2.75, 3.05) is 20.2 Å². The van der Waals surface area contributed by atoms with Gasteiger partial charge in [0, 0.05) is 18.7 Å². The average molecular weight is 346 g/mol. The van der Waals surface area contributed by atoms with Crippen LogP contribution in [0, 0.1) is 18.3 Å². The Bertz CT molecular complexity index is 599. The van der Waals surface area contributed by atoms with E-state index in [0.717, 1.165) is 49.6 Å². The van der Waals surface area contributed by atoms with E-state index in [4.69, 9.17) is 9.84 Å². The molecule has 1 aliphatic carbocycles. The summed E-state index contributed by atoms with van der Waals surface area (Å²) in [4.78, 5) is 18.0. The quantitative estimate of drug-likeness (QED) is 0.882. The Morgan fingerprint density at radius 2 is 1.96 bits per heavy atom. The van der Waals surface area contributed by atoms with Gasteiger partial charge in [0.25, 0.3) is 0 Å². The normalized spacial score (nSPS) is 21.4. The van der Waals surface area contributed by atoms with Crippen LogP contribution in [0.4, 0.5) is 0 Å². The zero-order valence-corrected chi connectivity index (χ0v) is 15.5. The van der Waals surface area contributed by atoms with Crippen molar-refractivity contribution in [1.82, 2.24) is 9.88 Å². The zero-order valence-electron chi connectivity index (χ0n) is 15.5. The lowest BCUT2D eigenvalue weighted by atomic mass is 9.65. The third-order valence-corrected chi connectivity index (χ3v) is 6.21. The Kier molecular flexibility index (Phi) is 5.62. The fourth-order valence-corrected chi connectivity index (χ4v) is 4.54. The van der Waals surface area contributed by atoms with E-state index in [1.165, 1.54) is 25.7 Å². The molecule has 1 saturated heterocycles. The molecular weight excluding hydrogens is 316 g/mol. The molecule has 2 heterocycles. The van der Waals surface area contributed by atoms with Gasteiger partial charge in [-0.05, 0) is 82.0 Å². The Morgan fingerprint density at radius 3 is 2.56 bits per heavy atom. The van der Waals surface area contributed by atoms with Gasteiger partial charge in [-0.25, -0.2) is 0 Å². The van der Waals surface area contributed by atoms with Crippen molar-refractivity contribution in [2.45, 2.75) is 58.4 Å². The van der Waals surface area contributed by atoms with E-state index in [-0.39, 0.29) is 0 Å². The van der Waals surface area contributed by atoms with E-state index in [9.17, 15) is 4.79 Å². The van der Waals surface area contributed by atoms with E-state index in [1.807, 2.05) is 19.1 Å². The number of pyridine rings is 1. The highest BCUT2D eigenvalue weighted by atomic mass is 16.5. The maximum Gasteiger partial charge on any atom is 0.303 e. The van der Waals surface area contributed by atoms with Gasteiger partial charge in [-0.3, -0.25) is 14.7 Å². The van der Waals surface area contributed by atoms with Crippen molar-refractivity contribution < 1.29 is 14.6 Å². The third kappa shape index (κ3) is 4.51. The zero-order chi connectivity index (χ0) is 17.9. The molecule has 1 aromatic heterocycles. The molecule has 0 radical (unpaired) electrons. The van der Waals surface area contributed by atoms with Gasteiger partial charge in [-0.2, -0.15) is 0 Å². The number of carboxylic acids is 1. The molecule has 5 nitrogen and oxygen atoms in total. The predicted octanol–water partition coefficient (Wildman–Crippen LogP) is 3.65. The number of carboxylic acid groups (broad SMARTS) is 1. The van der Waals surface area contributed by atoms with Gasteiger partial charge in [0.05, 0.1) is 12.8 Å². The van der Waals surface area contributed by atoms with Crippen LogP contribution in [-0.2, 0) is 11.3 Å². The molecule has 25 heavy (non-hydrogen) atoms. The molecule has 1 aliphatic heterocycles. The Balaban J connectivity index is 1.53. The van der Waals surface area contributed by atoms with Gasteiger partial charge >= 0.3 is 5.97 Å². The van der Waals surface area contributed by atoms with Crippen LogP contribution in [0.3, 0.4) is 0 Å². The largest absolute Gasteiger partial charge is 0.495 e. The van der Waals surface area contributed by atoms with E-state index in [2.05, 4.69) is 9.88 Å². The van der Waals surface area contributed by atoms with Crippen molar-refractivity contribution in [3.63, 3.8) is 0 Å². The van der Waals surface area contributed by atoms with Crippen LogP contribution in [-0.4, -0.2) is 41.2 Å². The van der Waals surface area contributed by atoms with Crippen LogP contribution in [0.25, 0.3) is 0 Å². The minimum atomic E-state index is -0.643. The summed E-state index contributed by atoms with van der Waals surface area (Å²) in [6, 6.07) is 4.00. The summed E-state index contributed by atoms with van der Waals surface area (Å²) in [6.07, 6.45) is 7.36. The molecule has 2 fully saturated rings. The first-order chi connectivity index (χ1) is 12.0. The number of rotatable bonds is 5. The molecule has 2 aliphatic rings. The molecule has 5 heteroatoms. The average Bonchev–Trinajstić information content (AvgIpc) is 2.59. The van der Waals surface area contributed by atoms with Crippen LogP contribution in [0.2, 0.25) is 0 Å². The number of ether oxygens (including phenoxy) is 1. The number of methoxy groups -OCH3 is 1. The highest BCUT2D eigenvalue weighted by Crippen LogP contribution is 2.47. The van der Waals surface area contributed by atoms with Crippen molar-refractivity contribution in [3.05, 3.63) is 23.5 Å². The molecule has 0 bridgehead atoms. The molecule has 1 N–H and O–H groups in total. The number of hydrogen-bond acceptors (Lipinski definition) is 4. The second-order valence-corrected chi connectivity index (χ2v) is 7.92.